The van der Waals surface area contributed by atoms with Crippen LogP contribution in [0.1, 0.15) is 213 Å². The van der Waals surface area contributed by atoms with Crippen molar-refractivity contribution in [2.24, 2.45) is 0 Å². The van der Waals surface area contributed by atoms with Gasteiger partial charge in [-0.05, 0) is 19.3 Å². The van der Waals surface area contributed by atoms with E-state index in [2.05, 4.69) is 13.8 Å². The Morgan fingerprint density at radius 1 is 0.326 bits per heavy atom. The van der Waals surface area contributed by atoms with Crippen LogP contribution in [0, 0.1) is 0 Å². The van der Waals surface area contributed by atoms with Crippen LogP contribution in [-0.4, -0.2) is 45.6 Å². The van der Waals surface area contributed by atoms with E-state index >= 15 is 0 Å². The fraction of sp³-hybridized carbons (Fsp3) is 0.946. The third-order valence-corrected chi connectivity index (χ3v) is 7.80. The molecule has 0 rings (SSSR count). The summed E-state index contributed by atoms with van der Waals surface area (Å²) in [6.45, 7) is 4.72. The van der Waals surface area contributed by atoms with Gasteiger partial charge in [0.2, 0.25) is 0 Å². The molecule has 0 aliphatic rings. The van der Waals surface area contributed by atoms with Gasteiger partial charge in [-0.25, -0.2) is 0 Å². The number of aliphatic hydroxyl groups excluding tert-OH is 2. The minimum absolute atomic E-state index is 0.0938. The van der Waals surface area contributed by atoms with Crippen molar-refractivity contribution in [2.75, 3.05) is 13.2 Å². The average molecular weight is 617 g/mol. The largest absolute Gasteiger partial charge is 0.481 e. The van der Waals surface area contributed by atoms with Gasteiger partial charge < -0.3 is 20.4 Å². The van der Waals surface area contributed by atoms with Crippen LogP contribution in [0.25, 0.3) is 0 Å². The van der Waals surface area contributed by atoms with Gasteiger partial charge in [0, 0.05) is 26.1 Å². The summed E-state index contributed by atoms with van der Waals surface area (Å²) in [5.41, 5.74) is 0. The van der Waals surface area contributed by atoms with Crippen LogP contribution >= 0.6 is 0 Å². The number of rotatable bonds is 32. The SMILES string of the molecule is CCCCCCCCCCCCCCCCC(=O)O.CCCCCCCCCCCCCCCCC(=O)O.OCCCO. The Hall–Kier alpha value is -1.14. The molecule has 4 N–H and O–H groups in total. The van der Waals surface area contributed by atoms with Crippen molar-refractivity contribution in [3.8, 4) is 0 Å². The second-order valence-electron chi connectivity index (χ2n) is 12.3. The predicted molar refractivity (Wildman–Crippen MR) is 184 cm³/mol. The lowest BCUT2D eigenvalue weighted by atomic mass is 10.0. The first kappa shape index (κ1) is 46.3. The second-order valence-corrected chi connectivity index (χ2v) is 12.3. The monoisotopic (exact) mass is 617 g/mol. The highest BCUT2D eigenvalue weighted by Crippen LogP contribution is 2.14. The molecule has 0 aliphatic carbocycles. The third-order valence-electron chi connectivity index (χ3n) is 7.80. The molecule has 0 saturated heterocycles. The van der Waals surface area contributed by atoms with E-state index in [1.54, 1.807) is 0 Å². The molecule has 0 heterocycles. The molecule has 0 aromatic carbocycles. The van der Waals surface area contributed by atoms with Crippen molar-refractivity contribution in [3.05, 3.63) is 0 Å². The maximum absolute atomic E-state index is 10.3. The maximum Gasteiger partial charge on any atom is 0.303 e. The molecule has 0 aliphatic heterocycles. The van der Waals surface area contributed by atoms with Gasteiger partial charge in [-0.1, -0.05) is 181 Å². The fourth-order valence-electron chi connectivity index (χ4n) is 5.01. The molecule has 0 fully saturated rings. The number of aliphatic hydroxyl groups is 2. The summed E-state index contributed by atoms with van der Waals surface area (Å²) in [6, 6.07) is 0. The van der Waals surface area contributed by atoms with Gasteiger partial charge in [0.25, 0.3) is 0 Å². The van der Waals surface area contributed by atoms with E-state index in [4.69, 9.17) is 20.4 Å². The number of hydrogen-bond donors (Lipinski definition) is 4. The fourth-order valence-corrected chi connectivity index (χ4v) is 5.01. The van der Waals surface area contributed by atoms with Crippen LogP contribution in [0.3, 0.4) is 0 Å². The Kier molecular flexibility index (Phi) is 48.7. The number of aliphatic carboxylic acids is 2. The predicted octanol–water partition coefficient (Wildman–Crippen LogP) is 11.2. The number of carbonyl (C=O) groups is 2. The van der Waals surface area contributed by atoms with Gasteiger partial charge in [-0.3, -0.25) is 9.59 Å². The molecule has 6 nitrogen and oxygen atoms in total. The van der Waals surface area contributed by atoms with E-state index in [0.29, 0.717) is 19.3 Å². The molecule has 0 atom stereocenters. The van der Waals surface area contributed by atoms with Crippen molar-refractivity contribution in [3.63, 3.8) is 0 Å². The number of hydrogen-bond acceptors (Lipinski definition) is 4. The minimum Gasteiger partial charge on any atom is -0.481 e. The Bertz CT molecular complexity index is 467. The smallest absolute Gasteiger partial charge is 0.303 e. The maximum atomic E-state index is 10.3. The Morgan fingerprint density at radius 3 is 0.651 bits per heavy atom. The first-order valence-corrected chi connectivity index (χ1v) is 18.6. The summed E-state index contributed by atoms with van der Waals surface area (Å²) in [7, 11) is 0. The summed E-state index contributed by atoms with van der Waals surface area (Å²) >= 11 is 0. The molecule has 0 aromatic rings. The van der Waals surface area contributed by atoms with E-state index in [1.165, 1.54) is 154 Å². The zero-order chi connectivity index (χ0) is 32.5. The molecular formula is C37H76O6. The van der Waals surface area contributed by atoms with E-state index in [-0.39, 0.29) is 13.2 Å². The molecule has 6 heteroatoms. The van der Waals surface area contributed by atoms with Crippen molar-refractivity contribution >= 4 is 11.9 Å². The standard InChI is InChI=1S/2C17H34O2.C3H8O2/c2*1-2-3-4-5-6-7-8-9-10-11-12-13-14-15-16-17(18)19;4-2-1-3-5/h2*2-16H2,1H3,(H,18,19);4-5H,1-3H2. The molecule has 43 heavy (non-hydrogen) atoms. The highest BCUT2D eigenvalue weighted by molar-refractivity contribution is 5.66. The average Bonchev–Trinajstić information content (AvgIpc) is 2.98. The molecular weight excluding hydrogens is 540 g/mol. The molecule has 0 radical (unpaired) electrons. The lowest BCUT2D eigenvalue weighted by Crippen LogP contribution is -1.93. The van der Waals surface area contributed by atoms with Crippen molar-refractivity contribution in [1.29, 1.82) is 0 Å². The van der Waals surface area contributed by atoms with Crippen LogP contribution in [0.2, 0.25) is 0 Å². The topological polar surface area (TPSA) is 115 Å². The zero-order valence-corrected chi connectivity index (χ0v) is 28.9. The number of carboxylic acids is 2. The summed E-state index contributed by atoms with van der Waals surface area (Å²) in [4.78, 5) is 20.6. The van der Waals surface area contributed by atoms with Crippen LogP contribution in [-0.2, 0) is 9.59 Å². The van der Waals surface area contributed by atoms with Crippen molar-refractivity contribution in [2.45, 2.75) is 213 Å². The molecule has 0 unspecified atom stereocenters. The lowest BCUT2D eigenvalue weighted by molar-refractivity contribution is -0.138. The first-order chi connectivity index (χ1) is 21.0. The number of unbranched alkanes of at least 4 members (excludes halogenated alkanes) is 26. The summed E-state index contributed by atoms with van der Waals surface area (Å²) < 4.78 is 0. The van der Waals surface area contributed by atoms with E-state index in [1.807, 2.05) is 0 Å². The zero-order valence-electron chi connectivity index (χ0n) is 28.9. The van der Waals surface area contributed by atoms with Crippen LogP contribution in [0.5, 0.6) is 0 Å². The highest BCUT2D eigenvalue weighted by Gasteiger charge is 1.98. The van der Waals surface area contributed by atoms with E-state index in [0.717, 1.165) is 25.7 Å². The summed E-state index contributed by atoms with van der Waals surface area (Å²) in [5, 5.41) is 32.8. The van der Waals surface area contributed by atoms with Crippen molar-refractivity contribution < 1.29 is 30.0 Å². The van der Waals surface area contributed by atoms with Gasteiger partial charge in [-0.2, -0.15) is 0 Å². The summed E-state index contributed by atoms with van der Waals surface area (Å²) in [5.74, 6) is -1.31. The van der Waals surface area contributed by atoms with Gasteiger partial charge in [-0.15, -0.1) is 0 Å². The van der Waals surface area contributed by atoms with E-state index < -0.39 is 11.9 Å². The molecule has 0 saturated carbocycles. The molecule has 0 aromatic heterocycles. The van der Waals surface area contributed by atoms with Crippen LogP contribution in [0.15, 0.2) is 0 Å². The Morgan fingerprint density at radius 2 is 0.512 bits per heavy atom. The molecule has 260 valence electrons. The van der Waals surface area contributed by atoms with Crippen LogP contribution < -0.4 is 0 Å². The Labute approximate surface area is 267 Å². The van der Waals surface area contributed by atoms with E-state index in [9.17, 15) is 9.59 Å². The third kappa shape index (κ3) is 57.1. The molecule has 0 spiro atoms. The first-order valence-electron chi connectivity index (χ1n) is 18.6. The second kappa shape index (κ2) is 45.3. The van der Waals surface area contributed by atoms with Crippen LogP contribution in [0.4, 0.5) is 0 Å². The van der Waals surface area contributed by atoms with Gasteiger partial charge in [0.1, 0.15) is 0 Å². The van der Waals surface area contributed by atoms with Gasteiger partial charge in [0.15, 0.2) is 0 Å². The van der Waals surface area contributed by atoms with Gasteiger partial charge >= 0.3 is 11.9 Å². The molecule has 0 bridgehead atoms. The number of carboxylic acid groups (broad SMARTS) is 2. The highest BCUT2D eigenvalue weighted by atomic mass is 16.4. The Balaban J connectivity index is -0.000000642. The molecule has 0 amide bonds. The minimum atomic E-state index is -0.654. The van der Waals surface area contributed by atoms with Crippen molar-refractivity contribution in [1.82, 2.24) is 0 Å². The lowest BCUT2D eigenvalue weighted by Gasteiger charge is -2.02. The summed E-state index contributed by atoms with van der Waals surface area (Å²) in [6.07, 6.45) is 38.0. The quantitative estimate of drug-likeness (QED) is 0.0559. The normalized spacial score (nSPS) is 10.5. The van der Waals surface area contributed by atoms with Gasteiger partial charge in [0.05, 0.1) is 0 Å².